The zero-order valence-electron chi connectivity index (χ0n) is 17.2. The fourth-order valence-electron chi connectivity index (χ4n) is 3.60. The number of rotatable bonds is 5. The van der Waals surface area contributed by atoms with E-state index in [1.54, 1.807) is 12.4 Å². The second kappa shape index (κ2) is 8.43. The molecule has 0 radical (unpaired) electrons. The van der Waals surface area contributed by atoms with Crippen LogP contribution in [-0.4, -0.2) is 46.1 Å². The molecule has 3 aromatic rings. The van der Waals surface area contributed by atoms with Crippen molar-refractivity contribution in [2.24, 2.45) is 0 Å². The van der Waals surface area contributed by atoms with E-state index in [1.165, 1.54) is 11.1 Å². The van der Waals surface area contributed by atoms with Crippen molar-refractivity contribution in [3.63, 3.8) is 0 Å². The minimum Gasteiger partial charge on any atom is -0.340 e. The second-order valence-electron chi connectivity index (χ2n) is 7.58. The molecule has 150 valence electrons. The van der Waals surface area contributed by atoms with E-state index >= 15 is 0 Å². The smallest absolute Gasteiger partial charge is 0.227 e. The monoisotopic (exact) mass is 389 g/mol. The number of benzene rings is 1. The number of aryl methyl sites for hydroxylation is 1. The molecule has 3 heterocycles. The summed E-state index contributed by atoms with van der Waals surface area (Å²) >= 11 is 0. The number of anilines is 4. The summed E-state index contributed by atoms with van der Waals surface area (Å²) in [5.41, 5.74) is 3.65. The van der Waals surface area contributed by atoms with Crippen molar-refractivity contribution in [2.45, 2.75) is 26.7 Å². The maximum atomic E-state index is 4.78. The van der Waals surface area contributed by atoms with E-state index in [4.69, 9.17) is 4.98 Å². The molecule has 7 heteroatoms. The Morgan fingerprint density at radius 3 is 2.17 bits per heavy atom. The predicted octanol–water partition coefficient (Wildman–Crippen LogP) is 3.77. The zero-order chi connectivity index (χ0) is 20.2. The Bertz CT molecular complexity index is 950. The highest BCUT2D eigenvalue weighted by Crippen LogP contribution is 2.30. The molecule has 0 bridgehead atoms. The highest BCUT2D eigenvalue weighted by atomic mass is 15.4. The molecule has 0 aliphatic carbocycles. The Balaban J connectivity index is 1.48. The van der Waals surface area contributed by atoms with Gasteiger partial charge in [-0.3, -0.25) is 0 Å². The van der Waals surface area contributed by atoms with Gasteiger partial charge < -0.3 is 15.1 Å². The maximum Gasteiger partial charge on any atom is 0.227 e. The molecule has 1 fully saturated rings. The number of nitrogens with zero attached hydrogens (tertiary/aromatic N) is 6. The van der Waals surface area contributed by atoms with E-state index < -0.39 is 0 Å². The number of nitrogens with one attached hydrogen (secondary N) is 1. The van der Waals surface area contributed by atoms with E-state index in [2.05, 4.69) is 69.0 Å². The molecule has 1 aromatic carbocycles. The van der Waals surface area contributed by atoms with Crippen LogP contribution in [0.15, 0.2) is 48.9 Å². The van der Waals surface area contributed by atoms with Gasteiger partial charge in [-0.05, 0) is 36.1 Å². The minimum atomic E-state index is 0.437. The highest BCUT2D eigenvalue weighted by molar-refractivity contribution is 5.66. The Kier molecular flexibility index (Phi) is 5.55. The molecule has 4 rings (SSSR count). The van der Waals surface area contributed by atoms with E-state index in [0.717, 1.165) is 49.6 Å². The molecule has 2 aromatic heterocycles. The third-order valence-corrected chi connectivity index (χ3v) is 5.22. The fourth-order valence-corrected chi connectivity index (χ4v) is 3.60. The first-order valence-electron chi connectivity index (χ1n) is 10.1. The molecule has 29 heavy (non-hydrogen) atoms. The first kappa shape index (κ1) is 19.1. The lowest BCUT2D eigenvalue weighted by Crippen LogP contribution is -2.47. The van der Waals surface area contributed by atoms with E-state index in [0.29, 0.717) is 5.92 Å². The molecule has 1 N–H and O–H groups in total. The van der Waals surface area contributed by atoms with Crippen LogP contribution in [0.2, 0.25) is 0 Å². The lowest BCUT2D eigenvalue weighted by molar-refractivity contribution is 0.628. The van der Waals surface area contributed by atoms with Crippen LogP contribution in [0.4, 0.5) is 23.4 Å². The molecule has 0 atom stereocenters. The van der Waals surface area contributed by atoms with Crippen molar-refractivity contribution in [1.82, 2.24) is 19.9 Å². The number of hydrogen-bond acceptors (Lipinski definition) is 7. The van der Waals surface area contributed by atoms with Crippen molar-refractivity contribution < 1.29 is 0 Å². The molecule has 1 aliphatic rings. The summed E-state index contributed by atoms with van der Waals surface area (Å²) in [5.74, 6) is 2.79. The molecular weight excluding hydrogens is 362 g/mol. The van der Waals surface area contributed by atoms with Crippen LogP contribution in [-0.2, 0) is 0 Å². The summed E-state index contributed by atoms with van der Waals surface area (Å²) in [7, 11) is 0. The van der Waals surface area contributed by atoms with Crippen LogP contribution < -0.4 is 15.1 Å². The minimum absolute atomic E-state index is 0.437. The van der Waals surface area contributed by atoms with Crippen molar-refractivity contribution in [3.8, 4) is 0 Å². The predicted molar refractivity (Wildman–Crippen MR) is 117 cm³/mol. The number of piperazine rings is 1. The highest BCUT2D eigenvalue weighted by Gasteiger charge is 2.21. The molecule has 0 amide bonds. The SMILES string of the molecule is Cc1cccc(C(C)C)c1Nc1ccnc(N2CCN(c3ncccn3)CC2)n1. The first-order valence-corrected chi connectivity index (χ1v) is 10.1. The van der Waals surface area contributed by atoms with Crippen molar-refractivity contribution in [2.75, 3.05) is 41.3 Å². The van der Waals surface area contributed by atoms with Crippen LogP contribution in [0.1, 0.15) is 30.9 Å². The third-order valence-electron chi connectivity index (χ3n) is 5.22. The average Bonchev–Trinajstić information content (AvgIpc) is 2.76. The van der Waals surface area contributed by atoms with Gasteiger partial charge >= 0.3 is 0 Å². The Labute approximate surface area is 171 Å². The zero-order valence-corrected chi connectivity index (χ0v) is 17.2. The van der Waals surface area contributed by atoms with Crippen molar-refractivity contribution in [1.29, 1.82) is 0 Å². The quantitative estimate of drug-likeness (QED) is 0.712. The topological polar surface area (TPSA) is 70.1 Å². The van der Waals surface area contributed by atoms with E-state index in [-0.39, 0.29) is 0 Å². The second-order valence-corrected chi connectivity index (χ2v) is 7.58. The van der Waals surface area contributed by atoms with Crippen molar-refractivity contribution in [3.05, 3.63) is 60.0 Å². The van der Waals surface area contributed by atoms with Gasteiger partial charge in [-0.1, -0.05) is 32.0 Å². The van der Waals surface area contributed by atoms with Crippen LogP contribution in [0.5, 0.6) is 0 Å². The molecule has 1 saturated heterocycles. The molecule has 0 unspecified atom stereocenters. The Morgan fingerprint density at radius 2 is 1.48 bits per heavy atom. The van der Waals surface area contributed by atoms with Gasteiger partial charge in [0.05, 0.1) is 0 Å². The molecular formula is C22H27N7. The van der Waals surface area contributed by atoms with Gasteiger partial charge in [0.1, 0.15) is 5.82 Å². The van der Waals surface area contributed by atoms with E-state index in [9.17, 15) is 0 Å². The lowest BCUT2D eigenvalue weighted by atomic mass is 9.98. The molecule has 1 aliphatic heterocycles. The summed E-state index contributed by atoms with van der Waals surface area (Å²) in [6.45, 7) is 9.91. The third kappa shape index (κ3) is 4.29. The van der Waals surface area contributed by atoms with Crippen molar-refractivity contribution >= 4 is 23.4 Å². The van der Waals surface area contributed by atoms with Gasteiger partial charge in [0.15, 0.2) is 0 Å². The molecule has 0 spiro atoms. The average molecular weight is 390 g/mol. The normalized spacial score (nSPS) is 14.3. The van der Waals surface area contributed by atoms with Crippen LogP contribution >= 0.6 is 0 Å². The lowest BCUT2D eigenvalue weighted by Gasteiger charge is -2.34. The number of hydrogen-bond donors (Lipinski definition) is 1. The van der Waals surface area contributed by atoms with Crippen LogP contribution in [0, 0.1) is 6.92 Å². The first-order chi connectivity index (χ1) is 14.1. The van der Waals surface area contributed by atoms with Gasteiger partial charge in [0.25, 0.3) is 0 Å². The Morgan fingerprint density at radius 1 is 0.828 bits per heavy atom. The summed E-state index contributed by atoms with van der Waals surface area (Å²) in [6.07, 6.45) is 5.39. The van der Waals surface area contributed by atoms with Crippen LogP contribution in [0.25, 0.3) is 0 Å². The summed E-state index contributed by atoms with van der Waals surface area (Å²) in [6, 6.07) is 10.2. The van der Waals surface area contributed by atoms with Gasteiger partial charge in [0, 0.05) is 50.5 Å². The van der Waals surface area contributed by atoms with Gasteiger partial charge in [-0.25, -0.2) is 15.0 Å². The standard InChI is InChI=1S/C22H27N7/c1-16(2)18-7-4-6-17(3)20(18)26-19-8-11-25-22(27-19)29-14-12-28(13-15-29)21-23-9-5-10-24-21/h4-11,16H,12-15H2,1-3H3,(H,25,26,27). The fraction of sp³-hybridized carbons (Fsp3) is 0.364. The van der Waals surface area contributed by atoms with Crippen LogP contribution in [0.3, 0.4) is 0 Å². The maximum absolute atomic E-state index is 4.78. The Hall–Kier alpha value is -3.22. The summed E-state index contributed by atoms with van der Waals surface area (Å²) < 4.78 is 0. The van der Waals surface area contributed by atoms with Gasteiger partial charge in [0.2, 0.25) is 11.9 Å². The molecule has 7 nitrogen and oxygen atoms in total. The van der Waals surface area contributed by atoms with E-state index in [1.807, 2.05) is 18.3 Å². The number of aromatic nitrogens is 4. The number of para-hydroxylation sites is 1. The molecule has 0 saturated carbocycles. The largest absolute Gasteiger partial charge is 0.340 e. The van der Waals surface area contributed by atoms with Gasteiger partial charge in [-0.15, -0.1) is 0 Å². The summed E-state index contributed by atoms with van der Waals surface area (Å²) in [5, 5.41) is 3.53. The van der Waals surface area contributed by atoms with Gasteiger partial charge in [-0.2, -0.15) is 4.98 Å². The summed E-state index contributed by atoms with van der Waals surface area (Å²) in [4.78, 5) is 22.4.